The average molecular weight is 460 g/mol. The smallest absolute Gasteiger partial charge is 0.318 e. The molecule has 0 aliphatic carbocycles. The quantitative estimate of drug-likeness (QED) is 0.401. The normalized spacial score (nSPS) is 11.0. The van der Waals surface area contributed by atoms with Gasteiger partial charge in [-0.25, -0.2) is 4.79 Å². The third-order valence-electron chi connectivity index (χ3n) is 5.34. The first-order valence-electron chi connectivity index (χ1n) is 10.6. The Kier molecular flexibility index (Phi) is 6.74. The van der Waals surface area contributed by atoms with Gasteiger partial charge in [0.15, 0.2) is 5.16 Å². The molecule has 0 saturated heterocycles. The fourth-order valence-electron chi connectivity index (χ4n) is 3.86. The predicted octanol–water partition coefficient (Wildman–Crippen LogP) is 4.31. The minimum Gasteiger partial charge on any atom is -0.351 e. The molecule has 7 nitrogen and oxygen atoms in total. The third-order valence-corrected chi connectivity index (χ3v) is 6.28. The summed E-state index contributed by atoms with van der Waals surface area (Å²) in [5.74, 6) is 0.849. The van der Waals surface area contributed by atoms with Crippen molar-refractivity contribution in [2.45, 2.75) is 31.8 Å². The zero-order valence-corrected chi connectivity index (χ0v) is 19.4. The lowest BCUT2D eigenvalue weighted by atomic mass is 10.0. The molecule has 0 radical (unpaired) electrons. The Labute approximate surface area is 196 Å². The summed E-state index contributed by atoms with van der Waals surface area (Å²) in [5, 5.41) is 14.1. The number of hydrogen-bond donors (Lipinski definition) is 2. The Bertz CT molecular complexity index is 1330. The number of hydrogen-bond acceptors (Lipinski definition) is 5. The Morgan fingerprint density at radius 3 is 2.61 bits per heavy atom. The van der Waals surface area contributed by atoms with Crippen molar-refractivity contribution in [1.82, 2.24) is 20.1 Å². The zero-order valence-electron chi connectivity index (χ0n) is 18.5. The zero-order chi connectivity index (χ0) is 23.4. The summed E-state index contributed by atoms with van der Waals surface area (Å²) in [5.41, 5.74) is 9.48. The number of rotatable bonds is 7. The van der Waals surface area contributed by atoms with Crippen LogP contribution in [0.5, 0.6) is 0 Å². The summed E-state index contributed by atoms with van der Waals surface area (Å²) in [6, 6.07) is 20.0. The maximum Gasteiger partial charge on any atom is 0.318 e. The van der Waals surface area contributed by atoms with Crippen LogP contribution in [0.15, 0.2) is 65.8 Å². The van der Waals surface area contributed by atoms with Gasteiger partial charge < -0.3 is 5.73 Å². The molecule has 0 saturated carbocycles. The molecule has 1 heterocycles. The van der Waals surface area contributed by atoms with Gasteiger partial charge in [0.2, 0.25) is 5.91 Å². The molecule has 8 heteroatoms. The SMILES string of the molecule is Cc1ccc(-n2c(Cc3cccc4ccccc34)nnc2SCCC(=O)NC(N)=O)c(C)c1. The summed E-state index contributed by atoms with van der Waals surface area (Å²) >= 11 is 1.42. The molecule has 4 rings (SSSR count). The van der Waals surface area contributed by atoms with Gasteiger partial charge in [-0.1, -0.05) is 71.9 Å². The minimum atomic E-state index is -0.846. The number of amides is 3. The molecule has 168 valence electrons. The highest BCUT2D eigenvalue weighted by Gasteiger charge is 2.18. The van der Waals surface area contributed by atoms with E-state index in [0.29, 0.717) is 17.3 Å². The maximum absolute atomic E-state index is 11.8. The fourth-order valence-corrected chi connectivity index (χ4v) is 4.76. The van der Waals surface area contributed by atoms with E-state index >= 15 is 0 Å². The molecular formula is C25H25N5O2S. The molecule has 0 bridgehead atoms. The van der Waals surface area contributed by atoms with Gasteiger partial charge in [0.25, 0.3) is 0 Å². The summed E-state index contributed by atoms with van der Waals surface area (Å²) in [4.78, 5) is 22.7. The van der Waals surface area contributed by atoms with Crippen molar-refractivity contribution in [2.24, 2.45) is 5.73 Å². The number of nitrogens with zero attached hydrogens (tertiary/aromatic N) is 3. The van der Waals surface area contributed by atoms with E-state index in [9.17, 15) is 9.59 Å². The highest BCUT2D eigenvalue weighted by molar-refractivity contribution is 7.99. The first-order chi connectivity index (χ1) is 15.9. The van der Waals surface area contributed by atoms with Gasteiger partial charge in [0.05, 0.1) is 5.69 Å². The van der Waals surface area contributed by atoms with E-state index in [4.69, 9.17) is 5.73 Å². The lowest BCUT2D eigenvalue weighted by Crippen LogP contribution is -2.35. The van der Waals surface area contributed by atoms with Crippen molar-refractivity contribution in [1.29, 1.82) is 0 Å². The van der Waals surface area contributed by atoms with Crippen molar-refractivity contribution >= 4 is 34.5 Å². The second kappa shape index (κ2) is 9.87. The number of nitrogens with one attached hydrogen (secondary N) is 1. The molecule has 33 heavy (non-hydrogen) atoms. The van der Waals surface area contributed by atoms with E-state index in [0.717, 1.165) is 17.1 Å². The van der Waals surface area contributed by atoms with Crippen molar-refractivity contribution in [3.63, 3.8) is 0 Å². The topological polar surface area (TPSA) is 103 Å². The molecule has 3 N–H and O–H groups in total. The summed E-state index contributed by atoms with van der Waals surface area (Å²) in [6.45, 7) is 4.13. The number of imide groups is 1. The van der Waals surface area contributed by atoms with Crippen molar-refractivity contribution in [3.8, 4) is 5.69 Å². The van der Waals surface area contributed by atoms with E-state index in [1.165, 1.54) is 33.7 Å². The summed E-state index contributed by atoms with van der Waals surface area (Å²) in [6.07, 6.45) is 0.760. The van der Waals surface area contributed by atoms with Crippen LogP contribution in [0.25, 0.3) is 16.5 Å². The van der Waals surface area contributed by atoms with Crippen LogP contribution in [0.4, 0.5) is 4.79 Å². The van der Waals surface area contributed by atoms with E-state index in [2.05, 4.69) is 82.5 Å². The summed E-state index contributed by atoms with van der Waals surface area (Å²) < 4.78 is 2.06. The van der Waals surface area contributed by atoms with Gasteiger partial charge >= 0.3 is 6.03 Å². The number of carbonyl (C=O) groups is 2. The number of thioether (sulfide) groups is 1. The number of urea groups is 1. The third kappa shape index (κ3) is 5.23. The van der Waals surface area contributed by atoms with Gasteiger partial charge in [-0.3, -0.25) is 14.7 Å². The lowest BCUT2D eigenvalue weighted by molar-refractivity contribution is -0.119. The van der Waals surface area contributed by atoms with Crippen molar-refractivity contribution in [2.75, 3.05) is 5.75 Å². The molecule has 0 spiro atoms. The first-order valence-corrected chi connectivity index (χ1v) is 11.6. The van der Waals surface area contributed by atoms with Gasteiger partial charge in [-0.05, 0) is 41.8 Å². The highest BCUT2D eigenvalue weighted by Crippen LogP contribution is 2.28. The number of aromatic nitrogens is 3. The van der Waals surface area contributed by atoms with Crippen LogP contribution < -0.4 is 11.1 Å². The van der Waals surface area contributed by atoms with Crippen LogP contribution in [0.3, 0.4) is 0 Å². The van der Waals surface area contributed by atoms with Crippen molar-refractivity contribution < 1.29 is 9.59 Å². The Morgan fingerprint density at radius 2 is 1.82 bits per heavy atom. The predicted molar refractivity (Wildman–Crippen MR) is 131 cm³/mol. The van der Waals surface area contributed by atoms with Crippen LogP contribution in [-0.4, -0.2) is 32.5 Å². The number of primary amides is 1. The molecule has 1 aromatic heterocycles. The van der Waals surface area contributed by atoms with Crippen molar-refractivity contribution in [3.05, 3.63) is 83.2 Å². The number of benzene rings is 3. The molecular weight excluding hydrogens is 434 g/mol. The molecule has 0 atom stereocenters. The lowest BCUT2D eigenvalue weighted by Gasteiger charge is -2.14. The molecule has 0 fully saturated rings. The van der Waals surface area contributed by atoms with E-state index in [1.54, 1.807) is 0 Å². The van der Waals surface area contributed by atoms with Crippen LogP contribution in [0, 0.1) is 13.8 Å². The molecule has 0 aliphatic heterocycles. The van der Waals surface area contributed by atoms with Crippen LogP contribution in [0.1, 0.15) is 28.9 Å². The highest BCUT2D eigenvalue weighted by atomic mass is 32.2. The van der Waals surface area contributed by atoms with Crippen LogP contribution >= 0.6 is 11.8 Å². The second-order valence-corrected chi connectivity index (χ2v) is 8.91. The molecule has 0 unspecified atom stereocenters. The number of carbonyl (C=O) groups excluding carboxylic acids is 2. The van der Waals surface area contributed by atoms with Gasteiger partial charge in [0.1, 0.15) is 5.82 Å². The summed E-state index contributed by atoms with van der Waals surface area (Å²) in [7, 11) is 0. The number of aryl methyl sites for hydroxylation is 2. The maximum atomic E-state index is 11.8. The van der Waals surface area contributed by atoms with Gasteiger partial charge in [-0.2, -0.15) is 0 Å². The Balaban J connectivity index is 1.68. The van der Waals surface area contributed by atoms with E-state index in [1.807, 2.05) is 12.1 Å². The van der Waals surface area contributed by atoms with Gasteiger partial charge in [-0.15, -0.1) is 10.2 Å². The first kappa shape index (κ1) is 22.5. The molecule has 4 aromatic rings. The van der Waals surface area contributed by atoms with E-state index < -0.39 is 11.9 Å². The Hall–Kier alpha value is -3.65. The van der Waals surface area contributed by atoms with Crippen LogP contribution in [-0.2, 0) is 11.2 Å². The largest absolute Gasteiger partial charge is 0.351 e. The number of nitrogens with two attached hydrogens (primary N) is 1. The molecule has 0 aliphatic rings. The fraction of sp³-hybridized carbons (Fsp3) is 0.200. The standard InChI is InChI=1S/C25H25N5O2S/c1-16-10-11-21(17(2)14-16)30-22(15-19-8-5-7-18-6-3-4-9-20(18)19)28-29-25(30)33-13-12-23(31)27-24(26)32/h3-11,14H,12-13,15H2,1-2H3,(H3,26,27,31,32). The monoisotopic (exact) mass is 459 g/mol. The van der Waals surface area contributed by atoms with E-state index in [-0.39, 0.29) is 6.42 Å². The molecule has 3 aromatic carbocycles. The van der Waals surface area contributed by atoms with Gasteiger partial charge in [0, 0.05) is 18.6 Å². The molecule has 3 amide bonds. The second-order valence-electron chi connectivity index (χ2n) is 7.85. The number of fused-ring (bicyclic) bond motifs is 1. The average Bonchev–Trinajstić information content (AvgIpc) is 3.15. The van der Waals surface area contributed by atoms with Crippen LogP contribution in [0.2, 0.25) is 0 Å². The Morgan fingerprint density at radius 1 is 1.03 bits per heavy atom. The minimum absolute atomic E-state index is 0.145.